The van der Waals surface area contributed by atoms with Crippen molar-refractivity contribution in [2.24, 2.45) is 0 Å². The van der Waals surface area contributed by atoms with Crippen LogP contribution in [0.2, 0.25) is 0 Å². The average Bonchev–Trinajstić information content (AvgIpc) is 2.91. The molecule has 3 nitrogen and oxygen atoms in total. The number of aryl methyl sites for hydroxylation is 2. The molecule has 0 unspecified atom stereocenters. The van der Waals surface area contributed by atoms with Crippen LogP contribution in [0, 0.1) is 6.92 Å². The highest BCUT2D eigenvalue weighted by Crippen LogP contribution is 2.33. The first-order valence-electron chi connectivity index (χ1n) is 6.26. The van der Waals surface area contributed by atoms with E-state index in [-0.39, 0.29) is 0 Å². The minimum atomic E-state index is 0.847. The predicted octanol–water partition coefficient (Wildman–Crippen LogP) is 3.12. The number of hydrogen-bond acceptors (Lipinski definition) is 4. The monoisotopic (exact) mass is 259 g/mol. The Balaban J connectivity index is 1.88. The molecule has 0 fully saturated rings. The molecule has 1 aliphatic rings. The highest BCUT2D eigenvalue weighted by molar-refractivity contribution is 7.15. The van der Waals surface area contributed by atoms with Crippen LogP contribution >= 0.6 is 11.3 Å². The molecule has 0 radical (unpaired) electrons. The van der Waals surface area contributed by atoms with Crippen molar-refractivity contribution < 1.29 is 0 Å². The number of hydrogen-bond donors (Lipinski definition) is 1. The maximum Gasteiger partial charge on any atom is 0.186 e. The third-order valence-corrected chi connectivity index (χ3v) is 4.51. The van der Waals surface area contributed by atoms with Gasteiger partial charge in [-0.25, -0.2) is 4.98 Å². The van der Waals surface area contributed by atoms with E-state index < -0.39 is 0 Å². The fourth-order valence-electron chi connectivity index (χ4n) is 2.43. The van der Waals surface area contributed by atoms with Gasteiger partial charge in [0, 0.05) is 23.7 Å². The fraction of sp³-hybridized carbons (Fsp3) is 0.357. The zero-order valence-corrected chi connectivity index (χ0v) is 11.5. The molecule has 2 heterocycles. The van der Waals surface area contributed by atoms with Gasteiger partial charge in [0.25, 0.3) is 0 Å². The highest BCUT2D eigenvalue weighted by Gasteiger charge is 2.22. The van der Waals surface area contributed by atoms with Gasteiger partial charge in [-0.1, -0.05) is 13.0 Å². The maximum atomic E-state index is 5.83. The van der Waals surface area contributed by atoms with Gasteiger partial charge >= 0.3 is 0 Å². The van der Waals surface area contributed by atoms with Gasteiger partial charge in [0.2, 0.25) is 0 Å². The smallest absolute Gasteiger partial charge is 0.186 e. The van der Waals surface area contributed by atoms with Crippen LogP contribution in [0.4, 0.5) is 10.8 Å². The second-order valence-electron chi connectivity index (χ2n) is 4.74. The number of benzene rings is 1. The van der Waals surface area contributed by atoms with Crippen LogP contribution in [0.1, 0.15) is 28.6 Å². The molecule has 2 N–H and O–H groups in total. The Morgan fingerprint density at radius 2 is 2.11 bits per heavy atom. The zero-order chi connectivity index (χ0) is 12.7. The van der Waals surface area contributed by atoms with Crippen molar-refractivity contribution in [3.63, 3.8) is 0 Å². The van der Waals surface area contributed by atoms with Gasteiger partial charge in [-0.05, 0) is 36.6 Å². The Labute approximate surface area is 111 Å². The van der Waals surface area contributed by atoms with Crippen molar-refractivity contribution in [1.82, 2.24) is 4.98 Å². The normalized spacial score (nSPS) is 14.0. The molecular formula is C14H17N3S. The van der Waals surface area contributed by atoms with Crippen LogP contribution in [0.5, 0.6) is 0 Å². The number of fused-ring (bicyclic) bond motifs is 1. The third-order valence-electron chi connectivity index (χ3n) is 3.44. The molecule has 2 aromatic rings. The number of anilines is 2. The Morgan fingerprint density at radius 1 is 1.33 bits per heavy atom. The lowest BCUT2D eigenvalue weighted by molar-refractivity contribution is 0.864. The zero-order valence-electron chi connectivity index (χ0n) is 10.7. The van der Waals surface area contributed by atoms with E-state index in [1.165, 1.54) is 21.7 Å². The van der Waals surface area contributed by atoms with Crippen molar-refractivity contribution in [2.75, 3.05) is 10.6 Å². The first-order chi connectivity index (χ1) is 8.67. The fourth-order valence-corrected chi connectivity index (χ4v) is 3.42. The van der Waals surface area contributed by atoms with Crippen molar-refractivity contribution in [3.05, 3.63) is 39.9 Å². The quantitative estimate of drug-likeness (QED) is 0.843. The van der Waals surface area contributed by atoms with E-state index in [1.807, 2.05) is 6.07 Å². The maximum absolute atomic E-state index is 5.83. The summed E-state index contributed by atoms with van der Waals surface area (Å²) in [6.07, 6.45) is 1.01. The summed E-state index contributed by atoms with van der Waals surface area (Å²) in [5, 5.41) is 1.14. The molecule has 4 heteroatoms. The van der Waals surface area contributed by atoms with Crippen molar-refractivity contribution in [1.29, 1.82) is 0 Å². The van der Waals surface area contributed by atoms with Gasteiger partial charge in [0.1, 0.15) is 0 Å². The van der Waals surface area contributed by atoms with Gasteiger partial charge in [0.15, 0.2) is 5.13 Å². The second kappa shape index (κ2) is 4.28. The Morgan fingerprint density at radius 3 is 2.83 bits per heavy atom. The van der Waals surface area contributed by atoms with E-state index in [1.54, 1.807) is 11.3 Å². The van der Waals surface area contributed by atoms with Crippen molar-refractivity contribution in [3.8, 4) is 0 Å². The van der Waals surface area contributed by atoms with Crippen LogP contribution in [0.15, 0.2) is 18.2 Å². The molecule has 3 rings (SSSR count). The predicted molar refractivity (Wildman–Crippen MR) is 77.0 cm³/mol. The van der Waals surface area contributed by atoms with E-state index in [0.29, 0.717) is 0 Å². The van der Waals surface area contributed by atoms with E-state index >= 15 is 0 Å². The first kappa shape index (κ1) is 11.5. The lowest BCUT2D eigenvalue weighted by Crippen LogP contribution is -2.14. The van der Waals surface area contributed by atoms with Crippen LogP contribution in [-0.4, -0.2) is 4.98 Å². The Hall–Kier alpha value is -1.55. The lowest BCUT2D eigenvalue weighted by Gasteiger charge is -2.12. The molecule has 0 amide bonds. The molecule has 0 aliphatic carbocycles. The van der Waals surface area contributed by atoms with Crippen molar-refractivity contribution in [2.45, 2.75) is 33.4 Å². The third kappa shape index (κ3) is 1.86. The molecule has 1 aromatic carbocycles. The standard InChI is InChI=1S/C14H17N3S/c1-3-13-9(2)18-14(16-13)17-7-10-4-5-12(15)6-11(10)8-17/h4-6H,3,7-8,15H2,1-2H3. The number of nitrogens with zero attached hydrogens (tertiary/aromatic N) is 2. The van der Waals surface area contributed by atoms with Crippen LogP contribution in [0.25, 0.3) is 0 Å². The Kier molecular flexibility index (Phi) is 2.74. The van der Waals surface area contributed by atoms with E-state index in [2.05, 4.69) is 30.9 Å². The molecule has 0 spiro atoms. The molecular weight excluding hydrogens is 242 g/mol. The summed E-state index contributed by atoms with van der Waals surface area (Å²) in [5.74, 6) is 0. The SMILES string of the molecule is CCc1nc(N2Cc3ccc(N)cc3C2)sc1C. The summed E-state index contributed by atoms with van der Waals surface area (Å²) >= 11 is 1.79. The summed E-state index contributed by atoms with van der Waals surface area (Å²) in [5.41, 5.74) is 10.6. The van der Waals surface area contributed by atoms with E-state index in [0.717, 1.165) is 30.3 Å². The Bertz CT molecular complexity index is 589. The largest absolute Gasteiger partial charge is 0.399 e. The van der Waals surface area contributed by atoms with Crippen LogP contribution < -0.4 is 10.6 Å². The average molecular weight is 259 g/mol. The minimum absolute atomic E-state index is 0.847. The number of nitrogen functional groups attached to an aromatic ring is 1. The van der Waals surface area contributed by atoms with E-state index in [4.69, 9.17) is 10.7 Å². The van der Waals surface area contributed by atoms with E-state index in [9.17, 15) is 0 Å². The summed E-state index contributed by atoms with van der Waals surface area (Å²) in [4.78, 5) is 8.40. The van der Waals surface area contributed by atoms with Gasteiger partial charge in [-0.15, -0.1) is 11.3 Å². The highest BCUT2D eigenvalue weighted by atomic mass is 32.1. The first-order valence-corrected chi connectivity index (χ1v) is 7.07. The molecule has 1 aliphatic heterocycles. The van der Waals surface area contributed by atoms with Gasteiger partial charge < -0.3 is 10.6 Å². The van der Waals surface area contributed by atoms with Crippen LogP contribution in [0.3, 0.4) is 0 Å². The van der Waals surface area contributed by atoms with Crippen LogP contribution in [-0.2, 0) is 19.5 Å². The molecule has 18 heavy (non-hydrogen) atoms. The molecule has 94 valence electrons. The minimum Gasteiger partial charge on any atom is -0.399 e. The summed E-state index contributed by atoms with van der Waals surface area (Å²) in [6, 6.07) is 6.19. The molecule has 0 bridgehead atoms. The van der Waals surface area contributed by atoms with Gasteiger partial charge in [-0.3, -0.25) is 0 Å². The van der Waals surface area contributed by atoms with Gasteiger partial charge in [-0.2, -0.15) is 0 Å². The number of rotatable bonds is 2. The lowest BCUT2D eigenvalue weighted by atomic mass is 10.1. The molecule has 0 saturated heterocycles. The molecule has 1 aromatic heterocycles. The molecule has 0 saturated carbocycles. The number of nitrogens with two attached hydrogens (primary N) is 1. The number of thiazole rings is 1. The van der Waals surface area contributed by atoms with Crippen molar-refractivity contribution >= 4 is 22.2 Å². The second-order valence-corrected chi connectivity index (χ2v) is 5.92. The topological polar surface area (TPSA) is 42.2 Å². The summed E-state index contributed by atoms with van der Waals surface area (Å²) < 4.78 is 0. The summed E-state index contributed by atoms with van der Waals surface area (Å²) in [7, 11) is 0. The molecule has 0 atom stereocenters. The number of aromatic nitrogens is 1. The summed E-state index contributed by atoms with van der Waals surface area (Å²) in [6.45, 7) is 6.19. The van der Waals surface area contributed by atoms with Gasteiger partial charge in [0.05, 0.1) is 5.69 Å².